The Bertz CT molecular complexity index is 994. The average Bonchev–Trinajstić information content (AvgIpc) is 2.77. The summed E-state index contributed by atoms with van der Waals surface area (Å²) >= 11 is 0. The molecule has 2 amide bonds. The van der Waals surface area contributed by atoms with Crippen molar-refractivity contribution in [2.45, 2.75) is 63.1 Å². The van der Waals surface area contributed by atoms with Gasteiger partial charge in [-0.1, -0.05) is 0 Å². The Kier molecular flexibility index (Phi) is 7.60. The quantitative estimate of drug-likeness (QED) is 0.472. The molecule has 1 aromatic carbocycles. The molecule has 0 bridgehead atoms. The summed E-state index contributed by atoms with van der Waals surface area (Å²) in [5, 5.41) is 5.96. The Balaban J connectivity index is 1.56. The van der Waals surface area contributed by atoms with Crippen LogP contribution in [0.15, 0.2) is 30.3 Å². The van der Waals surface area contributed by atoms with Crippen molar-refractivity contribution in [2.75, 3.05) is 30.0 Å². The van der Waals surface area contributed by atoms with Gasteiger partial charge in [-0.3, -0.25) is 0 Å². The third kappa shape index (κ3) is 6.09. The number of ether oxygens (including phenoxy) is 1. The third-order valence-electron chi connectivity index (χ3n) is 6.16. The van der Waals surface area contributed by atoms with Crippen LogP contribution in [-0.4, -0.2) is 53.1 Å². The SMILES string of the molecule is CC1COCCN1c1cc(C[SH+](=O)C(C)C)nc(-c2ccc(NC(=O)NC3CCC3)cc2)n1. The molecule has 2 heterocycles. The lowest BCUT2D eigenvalue weighted by atomic mass is 9.93. The van der Waals surface area contributed by atoms with E-state index in [1.165, 1.54) is 6.42 Å². The molecule has 8 nitrogen and oxygen atoms in total. The molecule has 1 saturated heterocycles. The Morgan fingerprint density at radius 2 is 2.00 bits per heavy atom. The summed E-state index contributed by atoms with van der Waals surface area (Å²) in [7, 11) is -1.40. The topological polar surface area (TPSA) is 96.5 Å². The predicted octanol–water partition coefficient (Wildman–Crippen LogP) is 3.65. The van der Waals surface area contributed by atoms with Gasteiger partial charge in [-0.05, 0) is 64.3 Å². The van der Waals surface area contributed by atoms with Gasteiger partial charge in [-0.15, -0.1) is 4.21 Å². The highest BCUT2D eigenvalue weighted by atomic mass is 32.2. The maximum Gasteiger partial charge on any atom is 0.319 e. The van der Waals surface area contributed by atoms with Gasteiger partial charge in [0.25, 0.3) is 0 Å². The Morgan fingerprint density at radius 1 is 1.24 bits per heavy atom. The van der Waals surface area contributed by atoms with Gasteiger partial charge in [0.2, 0.25) is 0 Å². The highest BCUT2D eigenvalue weighted by Gasteiger charge is 2.23. The van der Waals surface area contributed by atoms with E-state index >= 15 is 0 Å². The summed E-state index contributed by atoms with van der Waals surface area (Å²) in [5.74, 6) is 1.86. The van der Waals surface area contributed by atoms with E-state index in [-0.39, 0.29) is 17.3 Å². The zero-order chi connectivity index (χ0) is 23.4. The van der Waals surface area contributed by atoms with Crippen LogP contribution in [-0.2, 0) is 25.5 Å². The van der Waals surface area contributed by atoms with Gasteiger partial charge in [0.15, 0.2) is 11.6 Å². The number of hydrogen-bond acceptors (Lipinski definition) is 6. The lowest BCUT2D eigenvalue weighted by Gasteiger charge is -2.34. The van der Waals surface area contributed by atoms with Gasteiger partial charge in [-0.2, -0.15) is 0 Å². The normalized spacial score (nSPS) is 19.8. The first-order valence-corrected chi connectivity index (χ1v) is 13.2. The van der Waals surface area contributed by atoms with Gasteiger partial charge in [0.05, 0.1) is 35.7 Å². The zero-order valence-corrected chi connectivity index (χ0v) is 20.5. The van der Waals surface area contributed by atoms with Crippen molar-refractivity contribution in [1.29, 1.82) is 0 Å². The first-order chi connectivity index (χ1) is 15.9. The van der Waals surface area contributed by atoms with Gasteiger partial charge in [0, 0.05) is 29.9 Å². The molecule has 9 heteroatoms. The molecule has 2 aliphatic rings. The van der Waals surface area contributed by atoms with Gasteiger partial charge < -0.3 is 20.3 Å². The van der Waals surface area contributed by atoms with Crippen LogP contribution in [0.1, 0.15) is 45.7 Å². The summed E-state index contributed by atoms with van der Waals surface area (Å²) in [6.45, 7) is 8.12. The van der Waals surface area contributed by atoms with Crippen LogP contribution >= 0.6 is 0 Å². The lowest BCUT2D eigenvalue weighted by molar-refractivity contribution is 0.0985. The van der Waals surface area contributed by atoms with E-state index in [2.05, 4.69) is 22.5 Å². The molecule has 2 fully saturated rings. The lowest BCUT2D eigenvalue weighted by Crippen LogP contribution is -2.44. The molecule has 1 aliphatic carbocycles. The molecule has 1 aliphatic heterocycles. The number of aromatic nitrogens is 2. The Morgan fingerprint density at radius 3 is 2.64 bits per heavy atom. The minimum Gasteiger partial charge on any atom is -0.377 e. The standard InChI is InChI=1S/C24H33N5O3S/c1-16(2)33(31)15-21-13-22(29-11-12-32-14-17(29)3)28-23(25-21)18-7-9-20(10-8-18)27-24(30)26-19-5-4-6-19/h7-10,13,16-17,19H,4-6,11-12,14-15H2,1-3H3,(H2,26,27,30)/p+1. The van der Waals surface area contributed by atoms with E-state index in [0.29, 0.717) is 30.8 Å². The fourth-order valence-corrected chi connectivity index (χ4v) is 4.70. The van der Waals surface area contributed by atoms with Crippen molar-refractivity contribution in [3.8, 4) is 11.4 Å². The number of carbonyl (C=O) groups is 1. The molecule has 2 atom stereocenters. The largest absolute Gasteiger partial charge is 0.377 e. The summed E-state index contributed by atoms with van der Waals surface area (Å²) in [6, 6.07) is 9.82. The Labute approximate surface area is 198 Å². The second-order valence-electron chi connectivity index (χ2n) is 9.13. The molecular formula is C24H34N5O3S+. The fourth-order valence-electron chi connectivity index (χ4n) is 3.86. The number of amides is 2. The van der Waals surface area contributed by atoms with E-state index in [1.54, 1.807) is 0 Å². The molecule has 1 saturated carbocycles. The highest BCUT2D eigenvalue weighted by molar-refractivity contribution is 7.84. The number of hydrogen-bond donors (Lipinski definition) is 2. The smallest absolute Gasteiger partial charge is 0.319 e. The van der Waals surface area contributed by atoms with E-state index < -0.39 is 10.8 Å². The van der Waals surface area contributed by atoms with Crippen molar-refractivity contribution in [3.63, 3.8) is 0 Å². The van der Waals surface area contributed by atoms with Gasteiger partial charge >= 0.3 is 6.03 Å². The second kappa shape index (κ2) is 10.6. The molecule has 33 heavy (non-hydrogen) atoms. The monoisotopic (exact) mass is 472 g/mol. The van der Waals surface area contributed by atoms with E-state index in [9.17, 15) is 9.00 Å². The second-order valence-corrected chi connectivity index (χ2v) is 11.3. The number of benzene rings is 1. The minimum atomic E-state index is -1.40. The number of nitrogens with zero attached hydrogens (tertiary/aromatic N) is 3. The molecular weight excluding hydrogens is 438 g/mol. The third-order valence-corrected chi connectivity index (χ3v) is 7.95. The molecule has 4 rings (SSSR count). The van der Waals surface area contributed by atoms with Crippen molar-refractivity contribution in [3.05, 3.63) is 36.0 Å². The molecule has 2 unspecified atom stereocenters. The first-order valence-electron chi connectivity index (χ1n) is 11.7. The van der Waals surface area contributed by atoms with E-state index in [4.69, 9.17) is 14.7 Å². The van der Waals surface area contributed by atoms with Crippen LogP contribution in [0.2, 0.25) is 0 Å². The number of anilines is 2. The van der Waals surface area contributed by atoms with Crippen LogP contribution in [0.3, 0.4) is 0 Å². The number of urea groups is 1. The van der Waals surface area contributed by atoms with Crippen LogP contribution in [0.4, 0.5) is 16.3 Å². The summed E-state index contributed by atoms with van der Waals surface area (Å²) in [6.07, 6.45) is 3.27. The Hall–Kier alpha value is -2.52. The summed E-state index contributed by atoms with van der Waals surface area (Å²) in [5.41, 5.74) is 2.35. The maximum absolute atomic E-state index is 12.6. The number of nitrogens with one attached hydrogen (secondary N) is 2. The summed E-state index contributed by atoms with van der Waals surface area (Å²) < 4.78 is 18.2. The highest BCUT2D eigenvalue weighted by Crippen LogP contribution is 2.25. The van der Waals surface area contributed by atoms with Crippen molar-refractivity contribution in [1.82, 2.24) is 15.3 Å². The number of morpholine rings is 1. The van der Waals surface area contributed by atoms with E-state index in [0.717, 1.165) is 42.1 Å². The molecule has 2 aromatic rings. The van der Waals surface area contributed by atoms with Crippen LogP contribution in [0.5, 0.6) is 0 Å². The molecule has 0 radical (unpaired) electrons. The van der Waals surface area contributed by atoms with Gasteiger partial charge in [-0.25, -0.2) is 14.8 Å². The van der Waals surface area contributed by atoms with E-state index in [1.807, 2.05) is 44.2 Å². The molecule has 2 N–H and O–H groups in total. The number of rotatable bonds is 7. The zero-order valence-electron chi connectivity index (χ0n) is 19.6. The van der Waals surface area contributed by atoms with Crippen LogP contribution in [0, 0.1) is 0 Å². The number of thiol groups is 1. The van der Waals surface area contributed by atoms with Crippen LogP contribution in [0.25, 0.3) is 11.4 Å². The maximum atomic E-state index is 12.6. The summed E-state index contributed by atoms with van der Waals surface area (Å²) in [4.78, 5) is 23.9. The first kappa shape index (κ1) is 23.6. The molecule has 0 spiro atoms. The minimum absolute atomic E-state index is 0.0978. The molecule has 1 aromatic heterocycles. The fraction of sp³-hybridized carbons (Fsp3) is 0.542. The molecule has 178 valence electrons. The van der Waals surface area contributed by atoms with Crippen molar-refractivity contribution < 1.29 is 13.7 Å². The number of carbonyl (C=O) groups excluding carboxylic acids is 1. The van der Waals surface area contributed by atoms with Crippen molar-refractivity contribution >= 4 is 28.3 Å². The van der Waals surface area contributed by atoms with Gasteiger partial charge in [0.1, 0.15) is 11.1 Å². The van der Waals surface area contributed by atoms with Crippen molar-refractivity contribution in [2.24, 2.45) is 0 Å². The predicted molar refractivity (Wildman–Crippen MR) is 133 cm³/mol. The average molecular weight is 473 g/mol. The van der Waals surface area contributed by atoms with Crippen LogP contribution < -0.4 is 15.5 Å².